The summed E-state index contributed by atoms with van der Waals surface area (Å²) in [6.07, 6.45) is 3.48. The Morgan fingerprint density at radius 2 is 1.61 bits per heavy atom. The first-order valence-corrected chi connectivity index (χ1v) is 11.8. The molecule has 2 aromatic carbocycles. The third kappa shape index (κ3) is 4.26. The molecule has 11 nitrogen and oxygen atoms in total. The summed E-state index contributed by atoms with van der Waals surface area (Å²) < 4.78 is 0. The molecule has 0 aliphatic heterocycles. The average molecular weight is 507 g/mol. The van der Waals surface area contributed by atoms with Gasteiger partial charge in [-0.15, -0.1) is 10.2 Å². The standard InChI is InChI=1S/C27H22N8O3/c1-3-19(36)31-17-8-4-6-15-20(17)23(37)16-7-5-9-18(21(16)24(15)38)34-35-22-25(28)32-26(33-27(22)29-2)14-10-12-30-13-11-14/h4-13H,3H2,1-2H3,(H,31,36)(H3,28,29,32,33)/b35-34+. The number of fused-ring (bicyclic) bond motifs is 2. The number of rotatable bonds is 6. The van der Waals surface area contributed by atoms with Crippen molar-refractivity contribution in [1.29, 1.82) is 0 Å². The van der Waals surface area contributed by atoms with Crippen LogP contribution >= 0.6 is 0 Å². The number of nitrogen functional groups attached to an aromatic ring is 1. The number of pyridine rings is 1. The van der Waals surface area contributed by atoms with Crippen LogP contribution in [0.1, 0.15) is 45.2 Å². The van der Waals surface area contributed by atoms with Gasteiger partial charge in [0.25, 0.3) is 0 Å². The normalized spacial score (nSPS) is 12.3. The van der Waals surface area contributed by atoms with Crippen LogP contribution in [0.25, 0.3) is 11.4 Å². The zero-order chi connectivity index (χ0) is 26.8. The molecule has 4 aromatic rings. The zero-order valence-corrected chi connectivity index (χ0v) is 20.5. The second-order valence-electron chi connectivity index (χ2n) is 8.30. The lowest BCUT2D eigenvalue weighted by molar-refractivity contribution is -0.115. The maximum Gasteiger partial charge on any atom is 0.224 e. The van der Waals surface area contributed by atoms with Gasteiger partial charge in [0.2, 0.25) is 5.91 Å². The monoisotopic (exact) mass is 506 g/mol. The Balaban J connectivity index is 1.56. The maximum atomic E-state index is 13.6. The number of nitrogens with one attached hydrogen (secondary N) is 2. The van der Waals surface area contributed by atoms with Crippen LogP contribution in [0, 0.1) is 0 Å². The lowest BCUT2D eigenvalue weighted by Gasteiger charge is -2.21. The van der Waals surface area contributed by atoms with Gasteiger partial charge >= 0.3 is 0 Å². The molecule has 188 valence electrons. The first kappa shape index (κ1) is 24.4. The van der Waals surface area contributed by atoms with Crippen molar-refractivity contribution in [2.75, 3.05) is 23.4 Å². The Hall–Kier alpha value is -5.32. The number of nitrogens with zero attached hydrogens (tertiary/aromatic N) is 5. The summed E-state index contributed by atoms with van der Waals surface area (Å²) in [6, 6.07) is 13.0. The molecular formula is C27H22N8O3. The highest BCUT2D eigenvalue weighted by molar-refractivity contribution is 6.32. The number of carbonyl (C=O) groups is 3. The molecule has 1 amide bonds. The second kappa shape index (κ2) is 9.97. The van der Waals surface area contributed by atoms with Gasteiger partial charge in [-0.05, 0) is 24.3 Å². The molecule has 5 rings (SSSR count). The van der Waals surface area contributed by atoms with Gasteiger partial charge in [0, 0.05) is 42.6 Å². The largest absolute Gasteiger partial charge is 0.382 e. The highest BCUT2D eigenvalue weighted by atomic mass is 16.2. The number of aromatic nitrogens is 3. The van der Waals surface area contributed by atoms with E-state index in [-0.39, 0.29) is 57.6 Å². The summed E-state index contributed by atoms with van der Waals surface area (Å²) in [4.78, 5) is 51.8. The van der Waals surface area contributed by atoms with Crippen LogP contribution in [0.3, 0.4) is 0 Å². The van der Waals surface area contributed by atoms with Crippen molar-refractivity contribution >= 4 is 46.2 Å². The fourth-order valence-corrected chi connectivity index (χ4v) is 4.13. The Morgan fingerprint density at radius 3 is 2.32 bits per heavy atom. The first-order chi connectivity index (χ1) is 18.4. The van der Waals surface area contributed by atoms with E-state index in [1.165, 1.54) is 0 Å². The summed E-state index contributed by atoms with van der Waals surface area (Å²) in [7, 11) is 1.66. The number of nitrogens with two attached hydrogens (primary N) is 1. The first-order valence-electron chi connectivity index (χ1n) is 11.8. The van der Waals surface area contributed by atoms with Crippen LogP contribution < -0.4 is 16.4 Å². The number of hydrogen-bond acceptors (Lipinski definition) is 10. The summed E-state index contributed by atoms with van der Waals surface area (Å²) >= 11 is 0. The van der Waals surface area contributed by atoms with Crippen molar-refractivity contribution in [2.45, 2.75) is 13.3 Å². The highest BCUT2D eigenvalue weighted by Gasteiger charge is 2.34. The molecule has 1 aliphatic carbocycles. The van der Waals surface area contributed by atoms with E-state index >= 15 is 0 Å². The second-order valence-corrected chi connectivity index (χ2v) is 8.30. The minimum absolute atomic E-state index is 0.0776. The van der Waals surface area contributed by atoms with Gasteiger partial charge < -0.3 is 16.4 Å². The smallest absolute Gasteiger partial charge is 0.224 e. The summed E-state index contributed by atoms with van der Waals surface area (Å²) in [5.74, 6) is -0.256. The number of amides is 1. The minimum atomic E-state index is -0.400. The van der Waals surface area contributed by atoms with E-state index in [4.69, 9.17) is 5.73 Å². The van der Waals surface area contributed by atoms with Crippen LogP contribution in [0.15, 0.2) is 71.2 Å². The van der Waals surface area contributed by atoms with Crippen LogP contribution in [0.4, 0.5) is 28.7 Å². The summed E-state index contributed by atoms with van der Waals surface area (Å²) in [5.41, 5.74) is 8.21. The van der Waals surface area contributed by atoms with Crippen molar-refractivity contribution in [3.63, 3.8) is 0 Å². The third-order valence-corrected chi connectivity index (χ3v) is 5.99. The minimum Gasteiger partial charge on any atom is -0.382 e. The van der Waals surface area contributed by atoms with Gasteiger partial charge in [0.1, 0.15) is 0 Å². The molecule has 2 heterocycles. The fourth-order valence-electron chi connectivity index (χ4n) is 4.13. The number of azo groups is 1. The Labute approximate surface area is 217 Å². The van der Waals surface area contributed by atoms with Gasteiger partial charge in [0.15, 0.2) is 34.7 Å². The van der Waals surface area contributed by atoms with Crippen molar-refractivity contribution in [2.24, 2.45) is 10.2 Å². The van der Waals surface area contributed by atoms with E-state index in [1.807, 2.05) is 0 Å². The van der Waals surface area contributed by atoms with Crippen molar-refractivity contribution in [3.8, 4) is 11.4 Å². The number of hydrogen-bond donors (Lipinski definition) is 3. The number of carbonyl (C=O) groups excluding carboxylic acids is 3. The topological polar surface area (TPSA) is 165 Å². The van der Waals surface area contributed by atoms with Gasteiger partial charge in [-0.25, -0.2) is 9.97 Å². The Kier molecular flexibility index (Phi) is 6.40. The lowest BCUT2D eigenvalue weighted by Crippen LogP contribution is -2.23. The van der Waals surface area contributed by atoms with Gasteiger partial charge in [0.05, 0.1) is 22.5 Å². The Bertz CT molecular complexity index is 1630. The lowest BCUT2D eigenvalue weighted by atomic mass is 9.82. The molecule has 2 aromatic heterocycles. The predicted octanol–water partition coefficient (Wildman–Crippen LogP) is 4.70. The van der Waals surface area contributed by atoms with Crippen molar-refractivity contribution < 1.29 is 14.4 Å². The highest BCUT2D eigenvalue weighted by Crippen LogP contribution is 2.38. The van der Waals surface area contributed by atoms with E-state index in [9.17, 15) is 14.4 Å². The molecule has 0 unspecified atom stereocenters. The molecule has 0 saturated carbocycles. The SMILES string of the molecule is CCC(=O)Nc1cccc2c1C(=O)c1cccc(/N=N/c3c(N)nc(-c4ccncc4)nc3NC)c1C2=O. The van der Waals surface area contributed by atoms with Crippen LogP contribution in [0.5, 0.6) is 0 Å². The number of benzene rings is 2. The number of anilines is 3. The van der Waals surface area contributed by atoms with Gasteiger partial charge in [-0.1, -0.05) is 31.2 Å². The van der Waals surface area contributed by atoms with Crippen molar-refractivity contribution in [1.82, 2.24) is 15.0 Å². The maximum absolute atomic E-state index is 13.6. The fraction of sp³-hybridized carbons (Fsp3) is 0.111. The molecule has 0 bridgehead atoms. The number of ketones is 2. The molecule has 38 heavy (non-hydrogen) atoms. The van der Waals surface area contributed by atoms with Crippen molar-refractivity contribution in [3.05, 3.63) is 83.2 Å². The van der Waals surface area contributed by atoms with E-state index in [2.05, 4.69) is 35.8 Å². The van der Waals surface area contributed by atoms with Crippen LogP contribution in [-0.4, -0.2) is 39.5 Å². The third-order valence-electron chi connectivity index (χ3n) is 5.99. The molecule has 11 heteroatoms. The summed E-state index contributed by atoms with van der Waals surface area (Å²) in [6.45, 7) is 1.70. The molecule has 1 aliphatic rings. The molecular weight excluding hydrogens is 484 g/mol. The summed E-state index contributed by atoms with van der Waals surface area (Å²) in [5, 5.41) is 14.2. The predicted molar refractivity (Wildman–Crippen MR) is 142 cm³/mol. The molecule has 0 radical (unpaired) electrons. The average Bonchev–Trinajstić information content (AvgIpc) is 2.95. The van der Waals surface area contributed by atoms with E-state index < -0.39 is 5.78 Å². The van der Waals surface area contributed by atoms with E-state index in [0.29, 0.717) is 17.3 Å². The van der Waals surface area contributed by atoms with Gasteiger partial charge in [-0.3, -0.25) is 19.4 Å². The van der Waals surface area contributed by atoms with Crippen LogP contribution in [0.2, 0.25) is 0 Å². The molecule has 0 atom stereocenters. The zero-order valence-electron chi connectivity index (χ0n) is 20.5. The van der Waals surface area contributed by atoms with Gasteiger partial charge in [-0.2, -0.15) is 0 Å². The van der Waals surface area contributed by atoms with Crippen LogP contribution in [-0.2, 0) is 4.79 Å². The molecule has 0 spiro atoms. The quantitative estimate of drug-likeness (QED) is 0.279. The van der Waals surface area contributed by atoms with E-state index in [0.717, 1.165) is 5.56 Å². The molecule has 0 saturated heterocycles. The molecule has 0 fully saturated rings. The van der Waals surface area contributed by atoms with E-state index in [1.54, 1.807) is 74.9 Å². The molecule has 4 N–H and O–H groups in total. The Morgan fingerprint density at radius 1 is 0.921 bits per heavy atom.